The molecule has 1 heterocycles. The summed E-state index contributed by atoms with van der Waals surface area (Å²) in [6.07, 6.45) is 0. The predicted octanol–water partition coefficient (Wildman–Crippen LogP) is 3.34. The second kappa shape index (κ2) is 11.2. The van der Waals surface area contributed by atoms with Gasteiger partial charge in [-0.15, -0.1) is 24.0 Å². The van der Waals surface area contributed by atoms with Crippen LogP contribution in [-0.2, 0) is 13.2 Å². The molecule has 1 aromatic rings. The number of nitrogens with zero attached hydrogens (tertiary/aromatic N) is 2. The Morgan fingerprint density at radius 2 is 2.08 bits per heavy atom. The van der Waals surface area contributed by atoms with Crippen LogP contribution in [0.15, 0.2) is 29.3 Å². The third-order valence-electron chi connectivity index (χ3n) is 4.16. The van der Waals surface area contributed by atoms with Gasteiger partial charge in [-0.25, -0.2) is 4.99 Å². The molecule has 0 amide bonds. The molecule has 24 heavy (non-hydrogen) atoms. The van der Waals surface area contributed by atoms with Crippen molar-refractivity contribution in [3.05, 3.63) is 35.4 Å². The maximum absolute atomic E-state index is 9.45. The number of hydrogen-bond acceptors (Lipinski definition) is 3. The van der Waals surface area contributed by atoms with Crippen molar-refractivity contribution in [3.63, 3.8) is 0 Å². The summed E-state index contributed by atoms with van der Waals surface area (Å²) in [4.78, 5) is 7.20. The number of aliphatic hydroxyl groups excluding tert-OH is 1. The first-order valence-electron chi connectivity index (χ1n) is 8.48. The first-order chi connectivity index (χ1) is 11.2. The summed E-state index contributed by atoms with van der Waals surface area (Å²) in [5, 5.41) is 13.5. The van der Waals surface area contributed by atoms with E-state index in [0.29, 0.717) is 17.7 Å². The van der Waals surface area contributed by atoms with Crippen molar-refractivity contribution in [2.45, 2.75) is 39.2 Å². The molecule has 1 aliphatic rings. The first-order valence-corrected chi connectivity index (χ1v) is 9.53. The molecule has 1 aliphatic heterocycles. The van der Waals surface area contributed by atoms with Crippen molar-refractivity contribution in [3.8, 4) is 0 Å². The van der Waals surface area contributed by atoms with E-state index in [2.05, 4.69) is 42.7 Å². The highest BCUT2D eigenvalue weighted by Crippen LogP contribution is 2.25. The number of thioether (sulfide) groups is 1. The van der Waals surface area contributed by atoms with Gasteiger partial charge in [-0.3, -0.25) is 0 Å². The number of rotatable bonds is 5. The minimum atomic E-state index is 0. The molecule has 1 atom stereocenters. The smallest absolute Gasteiger partial charge is 0.194 e. The summed E-state index contributed by atoms with van der Waals surface area (Å²) in [6.45, 7) is 10.3. The van der Waals surface area contributed by atoms with Crippen molar-refractivity contribution in [1.82, 2.24) is 10.2 Å². The monoisotopic (exact) mass is 463 g/mol. The summed E-state index contributed by atoms with van der Waals surface area (Å²) < 4.78 is 0. The molecule has 1 saturated heterocycles. The van der Waals surface area contributed by atoms with E-state index < -0.39 is 0 Å². The Labute approximate surface area is 167 Å². The van der Waals surface area contributed by atoms with Crippen LogP contribution >= 0.6 is 35.7 Å². The van der Waals surface area contributed by atoms with Gasteiger partial charge >= 0.3 is 0 Å². The standard InChI is InChI=1S/C18H29N3OS.HI/c1-4-19-18(21-9-10-23-17(12-21)14(2)3)20-11-15-7-5-6-8-16(15)13-22;/h5-8,14,17,22H,4,9-13H2,1-3H3,(H,19,20);1H. The Kier molecular flexibility index (Phi) is 10.1. The molecule has 4 nitrogen and oxygen atoms in total. The van der Waals surface area contributed by atoms with E-state index in [1.54, 1.807) is 0 Å². The lowest BCUT2D eigenvalue weighted by molar-refractivity contribution is 0.280. The molecule has 0 aliphatic carbocycles. The maximum Gasteiger partial charge on any atom is 0.194 e. The van der Waals surface area contributed by atoms with E-state index in [1.165, 1.54) is 0 Å². The van der Waals surface area contributed by atoms with Crippen LogP contribution in [0, 0.1) is 5.92 Å². The van der Waals surface area contributed by atoms with E-state index in [4.69, 9.17) is 4.99 Å². The van der Waals surface area contributed by atoms with Crippen LogP contribution < -0.4 is 5.32 Å². The van der Waals surface area contributed by atoms with Crippen molar-refractivity contribution in [2.24, 2.45) is 10.9 Å². The van der Waals surface area contributed by atoms with Crippen LogP contribution in [0.25, 0.3) is 0 Å². The number of hydrogen-bond donors (Lipinski definition) is 2. The Hall–Kier alpha value is -0.470. The van der Waals surface area contributed by atoms with Gasteiger partial charge in [0.05, 0.1) is 13.2 Å². The zero-order chi connectivity index (χ0) is 16.7. The van der Waals surface area contributed by atoms with Gasteiger partial charge in [-0.1, -0.05) is 38.1 Å². The third kappa shape index (κ3) is 6.11. The molecule has 1 aromatic carbocycles. The quantitative estimate of drug-likeness (QED) is 0.400. The Morgan fingerprint density at radius 3 is 2.71 bits per heavy atom. The van der Waals surface area contributed by atoms with Crippen molar-refractivity contribution >= 4 is 41.7 Å². The lowest BCUT2D eigenvalue weighted by atomic mass is 10.1. The molecule has 1 unspecified atom stereocenters. The topological polar surface area (TPSA) is 47.9 Å². The first kappa shape index (κ1) is 21.6. The van der Waals surface area contributed by atoms with E-state index in [9.17, 15) is 5.11 Å². The lowest BCUT2D eigenvalue weighted by Crippen LogP contribution is -2.49. The highest BCUT2D eigenvalue weighted by Gasteiger charge is 2.24. The molecule has 0 bridgehead atoms. The van der Waals surface area contributed by atoms with Crippen LogP contribution in [-0.4, -0.2) is 46.6 Å². The van der Waals surface area contributed by atoms with Crippen molar-refractivity contribution in [1.29, 1.82) is 0 Å². The summed E-state index contributed by atoms with van der Waals surface area (Å²) in [5.74, 6) is 2.83. The lowest BCUT2D eigenvalue weighted by Gasteiger charge is -2.36. The van der Waals surface area contributed by atoms with Gasteiger partial charge in [0.15, 0.2) is 5.96 Å². The molecular formula is C18H30IN3OS. The van der Waals surface area contributed by atoms with E-state index in [-0.39, 0.29) is 30.6 Å². The molecule has 0 radical (unpaired) electrons. The third-order valence-corrected chi connectivity index (χ3v) is 5.70. The average molecular weight is 463 g/mol. The fourth-order valence-electron chi connectivity index (χ4n) is 2.72. The van der Waals surface area contributed by atoms with Crippen LogP contribution in [0.5, 0.6) is 0 Å². The van der Waals surface area contributed by atoms with Crippen molar-refractivity contribution < 1.29 is 5.11 Å². The minimum absolute atomic E-state index is 0. The number of halogens is 1. The Bertz CT molecular complexity index is 525. The molecule has 136 valence electrons. The summed E-state index contributed by atoms with van der Waals surface area (Å²) in [5.41, 5.74) is 2.05. The van der Waals surface area contributed by atoms with Crippen molar-refractivity contribution in [2.75, 3.05) is 25.4 Å². The van der Waals surface area contributed by atoms with Gasteiger partial charge in [0, 0.05) is 30.6 Å². The van der Waals surface area contributed by atoms with Gasteiger partial charge in [0.25, 0.3) is 0 Å². The molecular weight excluding hydrogens is 433 g/mol. The van der Waals surface area contributed by atoms with Crippen LogP contribution in [0.3, 0.4) is 0 Å². The summed E-state index contributed by atoms with van der Waals surface area (Å²) in [6, 6.07) is 7.97. The van der Waals surface area contributed by atoms with Gasteiger partial charge in [0.1, 0.15) is 0 Å². The molecule has 0 spiro atoms. The molecule has 6 heteroatoms. The second-order valence-electron chi connectivity index (χ2n) is 6.20. The Balaban J connectivity index is 0.00000288. The number of aliphatic imine (C=N–C) groups is 1. The van der Waals surface area contributed by atoms with E-state index >= 15 is 0 Å². The number of aliphatic hydroxyl groups is 1. The molecule has 0 saturated carbocycles. The second-order valence-corrected chi connectivity index (χ2v) is 7.54. The van der Waals surface area contributed by atoms with Crippen LogP contribution in [0.2, 0.25) is 0 Å². The van der Waals surface area contributed by atoms with Gasteiger partial charge in [0.2, 0.25) is 0 Å². The highest BCUT2D eigenvalue weighted by molar-refractivity contribution is 14.0. The largest absolute Gasteiger partial charge is 0.392 e. The van der Waals surface area contributed by atoms with E-state index in [0.717, 1.165) is 42.5 Å². The minimum Gasteiger partial charge on any atom is -0.392 e. The van der Waals surface area contributed by atoms with Crippen LogP contribution in [0.1, 0.15) is 31.9 Å². The Morgan fingerprint density at radius 1 is 1.38 bits per heavy atom. The summed E-state index contributed by atoms with van der Waals surface area (Å²) in [7, 11) is 0. The SMILES string of the molecule is CCNC(=NCc1ccccc1CO)N1CCSC(C(C)C)C1.I. The van der Waals surface area contributed by atoms with Gasteiger partial charge in [-0.2, -0.15) is 11.8 Å². The van der Waals surface area contributed by atoms with Gasteiger partial charge in [-0.05, 0) is 24.0 Å². The number of benzene rings is 1. The average Bonchev–Trinajstić information content (AvgIpc) is 2.59. The maximum atomic E-state index is 9.45. The zero-order valence-corrected chi connectivity index (χ0v) is 18.0. The number of guanidine groups is 1. The molecule has 2 N–H and O–H groups in total. The molecule has 1 fully saturated rings. The van der Waals surface area contributed by atoms with E-state index in [1.807, 2.05) is 24.3 Å². The fraction of sp³-hybridized carbons (Fsp3) is 0.611. The predicted molar refractivity (Wildman–Crippen MR) is 115 cm³/mol. The normalized spacial score (nSPS) is 18.5. The number of nitrogens with one attached hydrogen (secondary N) is 1. The van der Waals surface area contributed by atoms with Crippen LogP contribution in [0.4, 0.5) is 0 Å². The zero-order valence-electron chi connectivity index (χ0n) is 14.9. The molecule has 2 rings (SSSR count). The highest BCUT2D eigenvalue weighted by atomic mass is 127. The summed E-state index contributed by atoms with van der Waals surface area (Å²) >= 11 is 2.07. The fourth-order valence-corrected chi connectivity index (χ4v) is 4.02. The molecule has 0 aromatic heterocycles. The van der Waals surface area contributed by atoms with Gasteiger partial charge < -0.3 is 15.3 Å².